The fourth-order valence-corrected chi connectivity index (χ4v) is 4.82. The fraction of sp³-hybridized carbons (Fsp3) is 0.308. The summed E-state index contributed by atoms with van der Waals surface area (Å²) in [7, 11) is 0. The monoisotopic (exact) mass is 548 g/mol. The second-order valence-electron chi connectivity index (χ2n) is 9.00. The number of allylic oxidation sites excluding steroid dienone is 1. The van der Waals surface area contributed by atoms with Gasteiger partial charge in [-0.05, 0) is 43.2 Å². The van der Waals surface area contributed by atoms with Crippen LogP contribution >= 0.6 is 11.6 Å². The number of nitrogens with one attached hydrogen (secondary N) is 1. The number of carbonyl (C=O) groups is 4. The number of carbonyl (C=O) groups excluding carboxylic acids is 4. The predicted octanol–water partition coefficient (Wildman–Crippen LogP) is 3.47. The second-order valence-corrected chi connectivity index (χ2v) is 9.41. The van der Waals surface area contributed by atoms with Crippen LogP contribution in [0.2, 0.25) is 5.02 Å². The van der Waals surface area contributed by atoms with Gasteiger partial charge < -0.3 is 16.0 Å². The maximum atomic E-state index is 12.9. The van der Waals surface area contributed by atoms with Crippen LogP contribution in [0.15, 0.2) is 54.2 Å². The van der Waals surface area contributed by atoms with E-state index in [1.54, 1.807) is 24.3 Å². The quantitative estimate of drug-likeness (QED) is 0.424. The van der Waals surface area contributed by atoms with E-state index in [0.717, 1.165) is 23.1 Å². The van der Waals surface area contributed by atoms with Crippen LogP contribution in [0.4, 0.5) is 13.2 Å². The zero-order valence-electron chi connectivity index (χ0n) is 20.1. The van der Waals surface area contributed by atoms with Crippen LogP contribution in [0.1, 0.15) is 49.5 Å². The standard InChI is InChI=1S/C26H24ClF3N4O4/c27-20-13-16(5-6-19(20)26(28,29)30)23(36)33-10-7-15(8-11-33)21(31)14-22(35)32-9-12-34-24(37)17-3-1-2-4-18(17)25(34)38/h1-6,13-15H,7-12,31H2,(H,32,35)/b21-14-. The Labute approximate surface area is 221 Å². The van der Waals surface area contributed by atoms with Crippen LogP contribution in [-0.2, 0) is 11.0 Å². The minimum Gasteiger partial charge on any atom is -0.402 e. The van der Waals surface area contributed by atoms with Crippen LogP contribution < -0.4 is 11.1 Å². The van der Waals surface area contributed by atoms with Crippen molar-refractivity contribution >= 4 is 35.2 Å². The van der Waals surface area contributed by atoms with Crippen molar-refractivity contribution in [3.05, 3.63) is 81.5 Å². The van der Waals surface area contributed by atoms with E-state index < -0.39 is 40.4 Å². The summed E-state index contributed by atoms with van der Waals surface area (Å²) >= 11 is 5.73. The summed E-state index contributed by atoms with van der Waals surface area (Å²) in [6.45, 7) is 0.674. The molecule has 8 nitrogen and oxygen atoms in total. The molecule has 2 aliphatic heterocycles. The number of benzene rings is 2. The number of piperidine rings is 1. The van der Waals surface area contributed by atoms with Crippen LogP contribution in [0, 0.1) is 5.92 Å². The van der Waals surface area contributed by atoms with Crippen molar-refractivity contribution in [1.82, 2.24) is 15.1 Å². The molecule has 0 saturated carbocycles. The van der Waals surface area contributed by atoms with E-state index in [-0.39, 0.29) is 24.6 Å². The number of nitrogens with zero attached hydrogens (tertiary/aromatic N) is 2. The van der Waals surface area contributed by atoms with Gasteiger partial charge in [-0.3, -0.25) is 24.1 Å². The summed E-state index contributed by atoms with van der Waals surface area (Å²) < 4.78 is 38.7. The molecule has 200 valence electrons. The van der Waals surface area contributed by atoms with Crippen molar-refractivity contribution in [3.63, 3.8) is 0 Å². The lowest BCUT2D eigenvalue weighted by Crippen LogP contribution is -2.40. The Hall–Kier alpha value is -3.86. The molecule has 38 heavy (non-hydrogen) atoms. The molecule has 0 spiro atoms. The van der Waals surface area contributed by atoms with Crippen LogP contribution in [0.3, 0.4) is 0 Å². The van der Waals surface area contributed by atoms with Crippen LogP contribution in [-0.4, -0.2) is 59.6 Å². The maximum Gasteiger partial charge on any atom is 0.417 e. The highest BCUT2D eigenvalue weighted by Crippen LogP contribution is 2.35. The Bertz CT molecular complexity index is 1280. The number of hydrogen-bond acceptors (Lipinski definition) is 5. The third kappa shape index (κ3) is 5.67. The number of nitrogens with two attached hydrogens (primary N) is 1. The minimum atomic E-state index is -4.61. The van der Waals surface area contributed by atoms with Gasteiger partial charge >= 0.3 is 6.18 Å². The lowest BCUT2D eigenvalue weighted by molar-refractivity contribution is -0.137. The Balaban J connectivity index is 1.25. The first-order valence-electron chi connectivity index (χ1n) is 11.8. The third-order valence-electron chi connectivity index (χ3n) is 6.59. The molecule has 0 atom stereocenters. The van der Waals surface area contributed by atoms with Crippen molar-refractivity contribution in [2.24, 2.45) is 11.7 Å². The number of alkyl halides is 3. The van der Waals surface area contributed by atoms with Crippen LogP contribution in [0.25, 0.3) is 0 Å². The molecule has 2 aromatic carbocycles. The third-order valence-corrected chi connectivity index (χ3v) is 6.90. The highest BCUT2D eigenvalue weighted by molar-refractivity contribution is 6.31. The fourth-order valence-electron chi connectivity index (χ4n) is 4.53. The molecule has 12 heteroatoms. The van der Waals surface area contributed by atoms with Gasteiger partial charge in [0.1, 0.15) is 0 Å². The van der Waals surface area contributed by atoms with E-state index in [9.17, 15) is 32.3 Å². The van der Waals surface area contributed by atoms with Crippen molar-refractivity contribution in [3.8, 4) is 0 Å². The van der Waals surface area contributed by atoms with Crippen LogP contribution in [0.5, 0.6) is 0 Å². The highest BCUT2D eigenvalue weighted by atomic mass is 35.5. The number of amides is 4. The lowest BCUT2D eigenvalue weighted by Gasteiger charge is -2.32. The Morgan fingerprint density at radius 1 is 1.05 bits per heavy atom. The summed E-state index contributed by atoms with van der Waals surface area (Å²) in [5.74, 6) is -1.90. The predicted molar refractivity (Wildman–Crippen MR) is 132 cm³/mol. The number of likely N-dealkylation sites (tertiary alicyclic amines) is 1. The average molecular weight is 549 g/mol. The van der Waals surface area contributed by atoms with Gasteiger partial charge in [-0.2, -0.15) is 13.2 Å². The summed E-state index contributed by atoms with van der Waals surface area (Å²) in [6.07, 6.45) is -2.43. The van der Waals surface area contributed by atoms with Gasteiger partial charge in [0.2, 0.25) is 5.91 Å². The van der Waals surface area contributed by atoms with Gasteiger partial charge in [0.25, 0.3) is 17.7 Å². The normalized spacial score (nSPS) is 16.6. The summed E-state index contributed by atoms with van der Waals surface area (Å²) in [6, 6.07) is 9.41. The van der Waals surface area contributed by atoms with E-state index in [1.165, 1.54) is 11.0 Å². The van der Waals surface area contributed by atoms with E-state index in [4.69, 9.17) is 17.3 Å². The molecule has 0 aromatic heterocycles. The molecule has 4 rings (SSSR count). The lowest BCUT2D eigenvalue weighted by atomic mass is 9.93. The number of rotatable bonds is 6. The van der Waals surface area contributed by atoms with Gasteiger partial charge in [0.15, 0.2) is 0 Å². The van der Waals surface area contributed by atoms with Crippen molar-refractivity contribution in [2.45, 2.75) is 19.0 Å². The van der Waals surface area contributed by atoms with E-state index in [0.29, 0.717) is 42.8 Å². The molecule has 0 radical (unpaired) electrons. The average Bonchev–Trinajstić information content (AvgIpc) is 3.12. The molecule has 2 aromatic rings. The number of hydrogen-bond donors (Lipinski definition) is 2. The molecule has 0 bridgehead atoms. The second kappa shape index (κ2) is 10.9. The van der Waals surface area contributed by atoms with Crippen molar-refractivity contribution in [1.29, 1.82) is 0 Å². The Kier molecular flexibility index (Phi) is 7.77. The topological polar surface area (TPSA) is 113 Å². The van der Waals surface area contributed by atoms with Crippen molar-refractivity contribution < 1.29 is 32.3 Å². The smallest absolute Gasteiger partial charge is 0.402 e. The molecule has 1 saturated heterocycles. The maximum absolute atomic E-state index is 12.9. The molecule has 0 unspecified atom stereocenters. The SMILES string of the molecule is N/C(=C\C(=O)NCCN1C(=O)c2ccccc2C1=O)C1CCN(C(=O)c2ccc(C(F)(F)F)c(Cl)c2)CC1. The van der Waals surface area contributed by atoms with Gasteiger partial charge in [-0.1, -0.05) is 23.7 Å². The minimum absolute atomic E-state index is 0.0142. The van der Waals surface area contributed by atoms with Gasteiger partial charge in [-0.15, -0.1) is 0 Å². The molecule has 4 amide bonds. The first-order chi connectivity index (χ1) is 18.0. The van der Waals surface area contributed by atoms with Crippen molar-refractivity contribution in [2.75, 3.05) is 26.2 Å². The Morgan fingerprint density at radius 3 is 2.21 bits per heavy atom. The summed E-state index contributed by atoms with van der Waals surface area (Å²) in [5, 5.41) is 2.08. The molecule has 2 aliphatic rings. The zero-order chi connectivity index (χ0) is 27.6. The first-order valence-corrected chi connectivity index (χ1v) is 12.2. The summed E-state index contributed by atoms with van der Waals surface area (Å²) in [4.78, 5) is 52.4. The van der Waals surface area contributed by atoms with Gasteiger partial charge in [0.05, 0.1) is 21.7 Å². The summed E-state index contributed by atoms with van der Waals surface area (Å²) in [5.41, 5.74) is 6.15. The molecular formula is C26H24ClF3N4O4. The van der Waals surface area contributed by atoms with Gasteiger partial charge in [0, 0.05) is 49.4 Å². The van der Waals surface area contributed by atoms with E-state index >= 15 is 0 Å². The molecular weight excluding hydrogens is 525 g/mol. The largest absolute Gasteiger partial charge is 0.417 e. The highest BCUT2D eigenvalue weighted by Gasteiger charge is 2.35. The first kappa shape index (κ1) is 27.2. The molecule has 0 aliphatic carbocycles. The molecule has 1 fully saturated rings. The zero-order valence-corrected chi connectivity index (χ0v) is 20.8. The number of halogens is 4. The number of fused-ring (bicyclic) bond motifs is 1. The van der Waals surface area contributed by atoms with E-state index in [1.807, 2.05) is 0 Å². The number of imide groups is 1. The molecule has 2 heterocycles. The van der Waals surface area contributed by atoms with E-state index in [2.05, 4.69) is 5.32 Å². The molecule has 3 N–H and O–H groups in total. The van der Waals surface area contributed by atoms with Gasteiger partial charge in [-0.25, -0.2) is 0 Å². The Morgan fingerprint density at radius 2 is 1.66 bits per heavy atom.